The monoisotopic (exact) mass is 810 g/mol. The second-order valence-corrected chi connectivity index (χ2v) is 16.5. The highest BCUT2D eigenvalue weighted by atomic mass is 31.2. The van der Waals surface area contributed by atoms with Crippen LogP contribution < -0.4 is 0 Å². The number of rotatable bonds is 29. The molecule has 0 spiro atoms. The van der Waals surface area contributed by atoms with Crippen molar-refractivity contribution in [3.8, 4) is 18.4 Å². The van der Waals surface area contributed by atoms with Gasteiger partial charge in [0.05, 0.1) is 55.0 Å². The van der Waals surface area contributed by atoms with E-state index in [9.17, 15) is 19.7 Å². The van der Waals surface area contributed by atoms with Crippen LogP contribution in [-0.2, 0) is 40.0 Å². The molecule has 0 aliphatic carbocycles. The van der Waals surface area contributed by atoms with Crippen molar-refractivity contribution < 1.29 is 42.9 Å². The molecule has 3 aromatic rings. The number of nitrogens with zero attached hydrogens (tertiary/aromatic N) is 4. The number of benzene rings is 1. The van der Waals surface area contributed by atoms with Crippen molar-refractivity contribution in [3.05, 3.63) is 65.2 Å². The molecule has 0 bridgehead atoms. The van der Waals surface area contributed by atoms with Crippen LogP contribution in [0.15, 0.2) is 42.7 Å². The summed E-state index contributed by atoms with van der Waals surface area (Å²) in [6, 6.07) is 12.3. The van der Waals surface area contributed by atoms with Crippen molar-refractivity contribution in [3.63, 3.8) is 0 Å². The maximum Gasteiger partial charge on any atom is 0.472 e. The van der Waals surface area contributed by atoms with Gasteiger partial charge in [0.15, 0.2) is 5.60 Å². The Balaban J connectivity index is 1.18. The Kier molecular flexibility index (Phi) is 20.1. The number of terminal acetylenes is 1. The zero-order valence-corrected chi connectivity index (χ0v) is 34.7. The molecule has 0 saturated carbocycles. The number of fused-ring (bicyclic) bond motifs is 1. The van der Waals surface area contributed by atoms with E-state index < -0.39 is 44.4 Å². The fraction of sp³-hybridized carbons (Fsp3) is 0.651. The first-order valence-corrected chi connectivity index (χ1v) is 22.3. The van der Waals surface area contributed by atoms with E-state index in [1.807, 2.05) is 0 Å². The minimum atomic E-state index is -4.71. The van der Waals surface area contributed by atoms with Crippen LogP contribution in [0.25, 0.3) is 5.52 Å². The second kappa shape index (κ2) is 24.7. The first-order valence-electron chi connectivity index (χ1n) is 20.8. The molecule has 1 fully saturated rings. The van der Waals surface area contributed by atoms with E-state index >= 15 is 0 Å². The summed E-state index contributed by atoms with van der Waals surface area (Å²) in [6.07, 6.45) is 22.6. The normalized spacial score (nSPS) is 21.0. The van der Waals surface area contributed by atoms with E-state index in [0.29, 0.717) is 23.4 Å². The average molecular weight is 811 g/mol. The van der Waals surface area contributed by atoms with Crippen LogP contribution in [0.1, 0.15) is 132 Å². The third kappa shape index (κ3) is 14.5. The number of aliphatic hydroxyl groups is 2. The highest BCUT2D eigenvalue weighted by Crippen LogP contribution is 2.46. The zero-order chi connectivity index (χ0) is 40.9. The van der Waals surface area contributed by atoms with Gasteiger partial charge in [-0.05, 0) is 43.2 Å². The third-order valence-corrected chi connectivity index (χ3v) is 11.5. The summed E-state index contributed by atoms with van der Waals surface area (Å²) >= 11 is 0. The Labute approximate surface area is 338 Å². The van der Waals surface area contributed by atoms with Crippen molar-refractivity contribution in [2.75, 3.05) is 26.4 Å². The summed E-state index contributed by atoms with van der Waals surface area (Å²) in [5.74, 6) is 2.45. The third-order valence-electron chi connectivity index (χ3n) is 10.5. The van der Waals surface area contributed by atoms with Gasteiger partial charge in [0, 0.05) is 6.61 Å². The van der Waals surface area contributed by atoms with Crippen molar-refractivity contribution in [2.45, 2.75) is 153 Å². The molecule has 314 valence electrons. The smallest absolute Gasteiger partial charge is 0.387 e. The van der Waals surface area contributed by atoms with Crippen molar-refractivity contribution in [1.29, 1.82) is 5.26 Å². The molecule has 1 aromatic carbocycles. The lowest BCUT2D eigenvalue weighted by Gasteiger charge is -2.26. The molecule has 2 aromatic heterocycles. The topological polar surface area (TPSA) is 178 Å². The summed E-state index contributed by atoms with van der Waals surface area (Å²) in [5, 5.41) is 35.3. The van der Waals surface area contributed by atoms with Gasteiger partial charge in [-0.3, -0.25) is 9.05 Å². The van der Waals surface area contributed by atoms with Crippen LogP contribution in [-0.4, -0.2) is 80.5 Å². The van der Waals surface area contributed by atoms with Gasteiger partial charge in [-0.1, -0.05) is 121 Å². The molecule has 1 aliphatic heterocycles. The lowest BCUT2D eigenvalue weighted by molar-refractivity contribution is -0.0681. The van der Waals surface area contributed by atoms with Crippen LogP contribution >= 0.6 is 7.82 Å². The highest BCUT2D eigenvalue weighted by molar-refractivity contribution is 7.47. The first kappa shape index (κ1) is 46.5. The Morgan fingerprint density at radius 2 is 1.53 bits per heavy atom. The maximum absolute atomic E-state index is 13.0. The number of phosphoric ester groups is 1. The molecule has 3 heterocycles. The van der Waals surface area contributed by atoms with Crippen LogP contribution in [0, 0.1) is 30.6 Å². The number of ether oxygens (including phenoxy) is 3. The number of aliphatic hydroxyl groups excluding tert-OH is 2. The van der Waals surface area contributed by atoms with Gasteiger partial charge in [-0.15, -0.1) is 6.42 Å². The average Bonchev–Trinajstić information content (AvgIpc) is 3.77. The first-order chi connectivity index (χ1) is 27.6. The molecule has 57 heavy (non-hydrogen) atoms. The van der Waals surface area contributed by atoms with E-state index in [-0.39, 0.29) is 25.5 Å². The van der Waals surface area contributed by atoms with Crippen molar-refractivity contribution >= 4 is 13.3 Å². The lowest BCUT2D eigenvalue weighted by atomic mass is 9.92. The van der Waals surface area contributed by atoms with Crippen molar-refractivity contribution in [1.82, 2.24) is 14.6 Å². The predicted octanol–water partition coefficient (Wildman–Crippen LogP) is 7.86. The molecule has 1 aliphatic rings. The van der Waals surface area contributed by atoms with Gasteiger partial charge in [0.1, 0.15) is 30.7 Å². The molecule has 1 saturated heterocycles. The Hall–Kier alpha value is -3.20. The summed E-state index contributed by atoms with van der Waals surface area (Å²) in [6.45, 7) is 3.90. The minimum Gasteiger partial charge on any atom is -0.387 e. The molecule has 0 amide bonds. The van der Waals surface area contributed by atoms with E-state index in [4.69, 9.17) is 34.9 Å². The van der Waals surface area contributed by atoms with Crippen LogP contribution in [0.2, 0.25) is 0 Å². The number of hydrogen-bond acceptors (Lipinski definition) is 11. The molecular formula is C43H63N4O9P. The number of hydrogen-bond donors (Lipinski definition) is 3. The molecule has 3 N–H and O–H groups in total. The molecule has 0 radical (unpaired) electrons. The molecule has 4 rings (SSSR count). The number of phosphoric acid groups is 1. The highest BCUT2D eigenvalue weighted by Gasteiger charge is 2.56. The van der Waals surface area contributed by atoms with Gasteiger partial charge in [0.2, 0.25) is 0 Å². The summed E-state index contributed by atoms with van der Waals surface area (Å²) in [5.41, 5.74) is 1.08. The summed E-state index contributed by atoms with van der Waals surface area (Å²) < 4.78 is 43.0. The number of nitriles is 1. The largest absolute Gasteiger partial charge is 0.472 e. The zero-order valence-electron chi connectivity index (χ0n) is 33.8. The number of unbranched alkanes of at least 4 members (excludes halogenated alkanes) is 15. The molecule has 1 unspecified atom stereocenters. The Morgan fingerprint density at radius 1 is 0.912 bits per heavy atom. The van der Waals surface area contributed by atoms with Gasteiger partial charge >= 0.3 is 7.82 Å². The molecule has 14 heteroatoms. The van der Waals surface area contributed by atoms with Crippen LogP contribution in [0.4, 0.5) is 0 Å². The lowest BCUT2D eigenvalue weighted by Crippen LogP contribution is -2.41. The number of aryl methyl sites for hydroxylation is 1. The van der Waals surface area contributed by atoms with Gasteiger partial charge in [-0.2, -0.15) is 10.4 Å². The van der Waals surface area contributed by atoms with E-state index in [2.05, 4.69) is 29.0 Å². The standard InChI is InChI=1S/C43H63N4O9P/c1-4-6-7-8-9-10-11-12-13-14-15-16-17-18-19-20-27-52-30-37(53-29-36-23-21-35(28-44)22-24-36)31-54-57(50,51)55-32-39-41(48)42(49)43(5-2,56-39)40-26-25-38-34(3)45-33-46-47(38)40/h2,21-26,33,37,39,41-42,48-49H,4,6-20,27,29-32H2,1,3H3,(H,50,51)/t37-,39-,41-,42-,43+/m1/s1. The molecule has 13 nitrogen and oxygen atoms in total. The summed E-state index contributed by atoms with van der Waals surface area (Å²) in [4.78, 5) is 14.8. The minimum absolute atomic E-state index is 0.116. The fourth-order valence-corrected chi connectivity index (χ4v) is 7.85. The number of aromatic nitrogens is 3. The van der Waals surface area contributed by atoms with E-state index in [1.54, 1.807) is 43.3 Å². The maximum atomic E-state index is 13.0. The second-order valence-electron chi connectivity index (χ2n) is 15.0. The Bertz CT molecular complexity index is 1740. The van der Waals surface area contributed by atoms with Gasteiger partial charge in [-0.25, -0.2) is 14.1 Å². The van der Waals surface area contributed by atoms with Crippen molar-refractivity contribution in [2.24, 2.45) is 0 Å². The van der Waals surface area contributed by atoms with E-state index in [1.165, 1.54) is 94.3 Å². The quantitative estimate of drug-likeness (QED) is 0.0352. The van der Waals surface area contributed by atoms with Gasteiger partial charge < -0.3 is 29.3 Å². The fourth-order valence-electron chi connectivity index (χ4n) is 7.08. The summed E-state index contributed by atoms with van der Waals surface area (Å²) in [7, 11) is -4.71. The van der Waals surface area contributed by atoms with Gasteiger partial charge in [0.25, 0.3) is 0 Å². The SMILES string of the molecule is C#C[C@@]1(c2ccc3c(C)ncnn23)O[C@H](COP(=O)(O)OC[C@@H](COCCCCCCCCCCCCCCCCCC)OCc2ccc(C#N)cc2)[C@@H](O)[C@H]1O. The van der Waals surface area contributed by atoms with E-state index in [0.717, 1.165) is 24.8 Å². The molecular weight excluding hydrogens is 747 g/mol. The van der Waals surface area contributed by atoms with Crippen LogP contribution in [0.3, 0.4) is 0 Å². The Morgan fingerprint density at radius 3 is 2.12 bits per heavy atom. The van der Waals surface area contributed by atoms with Crippen LogP contribution in [0.5, 0.6) is 0 Å². The predicted molar refractivity (Wildman–Crippen MR) is 217 cm³/mol. The molecule has 6 atom stereocenters.